The molecule has 3 aromatic rings. The van der Waals surface area contributed by atoms with Gasteiger partial charge >= 0.3 is 0 Å². The van der Waals surface area contributed by atoms with E-state index < -0.39 is 0 Å². The molecule has 1 aliphatic carbocycles. The quantitative estimate of drug-likeness (QED) is 0.739. The fourth-order valence-corrected chi connectivity index (χ4v) is 3.81. The number of carbonyl (C=O) groups excluding carboxylic acids is 1. The topological polar surface area (TPSA) is 46.9 Å². The number of benzene rings is 2. The van der Waals surface area contributed by atoms with E-state index >= 15 is 0 Å². The van der Waals surface area contributed by atoms with Gasteiger partial charge < -0.3 is 5.32 Å². The van der Waals surface area contributed by atoms with Crippen LogP contribution in [0.15, 0.2) is 60.8 Å². The van der Waals surface area contributed by atoms with Crippen molar-refractivity contribution in [1.82, 2.24) is 15.1 Å². The molecule has 1 fully saturated rings. The van der Waals surface area contributed by atoms with Gasteiger partial charge in [0.15, 0.2) is 0 Å². The average Bonchev–Trinajstić information content (AvgIpc) is 3.03. The molecular formula is C22H22FN3O. The molecule has 1 heterocycles. The Hall–Kier alpha value is -2.95. The number of para-hydroxylation sites is 1. The summed E-state index contributed by atoms with van der Waals surface area (Å²) in [4.78, 5) is 12.8. The van der Waals surface area contributed by atoms with Gasteiger partial charge in [0.2, 0.25) is 0 Å². The first-order chi connectivity index (χ1) is 13.1. The number of aromatic nitrogens is 2. The number of carbonyl (C=O) groups is 1. The van der Waals surface area contributed by atoms with Gasteiger partial charge in [-0.2, -0.15) is 5.10 Å². The summed E-state index contributed by atoms with van der Waals surface area (Å²) in [6, 6.07) is 16.8. The van der Waals surface area contributed by atoms with Gasteiger partial charge in [-0.3, -0.25) is 4.79 Å². The molecule has 1 N–H and O–H groups in total. The molecule has 1 aliphatic rings. The fraction of sp³-hybridized carbons (Fsp3) is 0.273. The third-order valence-corrected chi connectivity index (χ3v) is 5.62. The highest BCUT2D eigenvalue weighted by Gasteiger charge is 2.38. The summed E-state index contributed by atoms with van der Waals surface area (Å²) >= 11 is 0. The van der Waals surface area contributed by atoms with Crippen LogP contribution in [0.5, 0.6) is 0 Å². The minimum Gasteiger partial charge on any atom is -0.351 e. The van der Waals surface area contributed by atoms with E-state index in [4.69, 9.17) is 0 Å². The van der Waals surface area contributed by atoms with Gasteiger partial charge in [-0.05, 0) is 37.5 Å². The Morgan fingerprint density at radius 1 is 1.15 bits per heavy atom. The van der Waals surface area contributed by atoms with E-state index in [0.717, 1.165) is 12.8 Å². The van der Waals surface area contributed by atoms with Gasteiger partial charge in [0.05, 0.1) is 17.5 Å². The van der Waals surface area contributed by atoms with Gasteiger partial charge in [0.25, 0.3) is 5.91 Å². The molecule has 0 atom stereocenters. The number of amides is 1. The zero-order valence-corrected chi connectivity index (χ0v) is 15.3. The minimum atomic E-state index is -0.367. The Balaban J connectivity index is 1.52. The highest BCUT2D eigenvalue weighted by molar-refractivity contribution is 5.95. The molecule has 0 radical (unpaired) electrons. The lowest BCUT2D eigenvalue weighted by Gasteiger charge is -2.42. The maximum absolute atomic E-state index is 14.0. The van der Waals surface area contributed by atoms with Gasteiger partial charge in [-0.1, -0.05) is 48.9 Å². The number of halogens is 1. The third kappa shape index (κ3) is 3.14. The summed E-state index contributed by atoms with van der Waals surface area (Å²) in [7, 11) is 0. The molecule has 138 valence electrons. The highest BCUT2D eigenvalue weighted by Crippen LogP contribution is 2.43. The number of hydrogen-bond donors (Lipinski definition) is 1. The van der Waals surface area contributed by atoms with Crippen molar-refractivity contribution in [3.63, 3.8) is 0 Å². The molecular weight excluding hydrogens is 341 g/mol. The van der Waals surface area contributed by atoms with Crippen molar-refractivity contribution in [2.45, 2.75) is 31.6 Å². The van der Waals surface area contributed by atoms with Crippen molar-refractivity contribution in [3.8, 4) is 5.69 Å². The largest absolute Gasteiger partial charge is 0.351 e. The smallest absolute Gasteiger partial charge is 0.254 e. The Morgan fingerprint density at radius 3 is 2.52 bits per heavy atom. The van der Waals surface area contributed by atoms with Crippen molar-refractivity contribution in [2.24, 2.45) is 0 Å². The summed E-state index contributed by atoms with van der Waals surface area (Å²) < 4.78 is 15.5. The third-order valence-electron chi connectivity index (χ3n) is 5.62. The molecule has 4 rings (SSSR count). The molecule has 5 heteroatoms. The Morgan fingerprint density at radius 2 is 1.85 bits per heavy atom. The van der Waals surface area contributed by atoms with E-state index in [1.54, 1.807) is 25.1 Å². The molecule has 0 unspecified atom stereocenters. The number of nitrogens with one attached hydrogen (secondary N) is 1. The molecule has 1 amide bonds. The minimum absolute atomic E-state index is 0.0202. The normalized spacial score (nSPS) is 15.2. The number of hydrogen-bond acceptors (Lipinski definition) is 2. The van der Waals surface area contributed by atoms with E-state index in [0.29, 0.717) is 23.5 Å². The summed E-state index contributed by atoms with van der Waals surface area (Å²) in [5.41, 5.74) is 2.73. The molecule has 0 saturated heterocycles. The van der Waals surface area contributed by atoms with Crippen molar-refractivity contribution >= 4 is 5.91 Å². The monoisotopic (exact) mass is 363 g/mol. The molecule has 4 nitrogen and oxygen atoms in total. The molecule has 0 bridgehead atoms. The fourth-order valence-electron chi connectivity index (χ4n) is 3.81. The molecule has 1 saturated carbocycles. The Labute approximate surface area is 158 Å². The van der Waals surface area contributed by atoms with Gasteiger partial charge in [0, 0.05) is 12.0 Å². The predicted molar refractivity (Wildman–Crippen MR) is 103 cm³/mol. The second kappa shape index (κ2) is 6.99. The maximum Gasteiger partial charge on any atom is 0.254 e. The summed E-state index contributed by atoms with van der Waals surface area (Å²) in [5, 5.41) is 7.29. The standard InChI is InChI=1S/C22H22FN3O/c1-16-18(14-25-26(16)20-11-6-5-10-19(20)23)21(27)24-15-22(12-7-13-22)17-8-3-2-4-9-17/h2-6,8-11,14H,7,12-13,15H2,1H3,(H,24,27). The maximum atomic E-state index is 14.0. The molecule has 1 aromatic heterocycles. The SMILES string of the molecule is Cc1c(C(=O)NCC2(c3ccccc3)CCC2)cnn1-c1ccccc1F. The number of rotatable bonds is 5. The lowest BCUT2D eigenvalue weighted by molar-refractivity contribution is 0.0927. The first kappa shape index (κ1) is 17.5. The van der Waals surface area contributed by atoms with E-state index in [1.165, 1.54) is 28.9 Å². The van der Waals surface area contributed by atoms with Crippen molar-refractivity contribution in [1.29, 1.82) is 0 Å². The van der Waals surface area contributed by atoms with Crippen LogP contribution in [0.3, 0.4) is 0 Å². The molecule has 2 aromatic carbocycles. The van der Waals surface area contributed by atoms with Crippen LogP contribution in [-0.4, -0.2) is 22.2 Å². The van der Waals surface area contributed by atoms with Gasteiger partial charge in [0.1, 0.15) is 11.5 Å². The Kier molecular flexibility index (Phi) is 4.52. The summed E-state index contributed by atoms with van der Waals surface area (Å²) in [6.45, 7) is 2.38. The van der Waals surface area contributed by atoms with Crippen LogP contribution < -0.4 is 5.32 Å². The predicted octanol–water partition coefficient (Wildman–Crippen LogP) is 4.17. The molecule has 27 heavy (non-hydrogen) atoms. The highest BCUT2D eigenvalue weighted by atomic mass is 19.1. The van der Waals surface area contributed by atoms with Crippen molar-refractivity contribution in [2.75, 3.05) is 6.54 Å². The van der Waals surface area contributed by atoms with E-state index in [-0.39, 0.29) is 17.1 Å². The number of nitrogens with zero attached hydrogens (tertiary/aromatic N) is 2. The second-order valence-corrected chi connectivity index (χ2v) is 7.19. The van der Waals surface area contributed by atoms with Crippen LogP contribution >= 0.6 is 0 Å². The lowest BCUT2D eigenvalue weighted by Crippen LogP contribution is -2.45. The zero-order chi connectivity index (χ0) is 18.9. The Bertz CT molecular complexity index is 961. The zero-order valence-electron chi connectivity index (χ0n) is 15.3. The van der Waals surface area contributed by atoms with Crippen LogP contribution in [0, 0.1) is 12.7 Å². The van der Waals surface area contributed by atoms with Gasteiger partial charge in [-0.25, -0.2) is 9.07 Å². The first-order valence-electron chi connectivity index (χ1n) is 9.24. The van der Waals surface area contributed by atoms with Gasteiger partial charge in [-0.15, -0.1) is 0 Å². The average molecular weight is 363 g/mol. The lowest BCUT2D eigenvalue weighted by atomic mass is 9.64. The second-order valence-electron chi connectivity index (χ2n) is 7.19. The van der Waals surface area contributed by atoms with E-state index in [9.17, 15) is 9.18 Å². The molecule has 0 spiro atoms. The van der Waals surface area contributed by atoms with Crippen LogP contribution in [0.4, 0.5) is 4.39 Å². The van der Waals surface area contributed by atoms with Crippen LogP contribution in [0.25, 0.3) is 5.69 Å². The van der Waals surface area contributed by atoms with Crippen LogP contribution in [0.1, 0.15) is 40.9 Å². The molecule has 0 aliphatic heterocycles. The summed E-state index contributed by atoms with van der Waals surface area (Å²) in [5.74, 6) is -0.537. The summed E-state index contributed by atoms with van der Waals surface area (Å²) in [6.07, 6.45) is 4.83. The first-order valence-corrected chi connectivity index (χ1v) is 9.24. The van der Waals surface area contributed by atoms with Crippen LogP contribution in [-0.2, 0) is 5.41 Å². The van der Waals surface area contributed by atoms with Crippen molar-refractivity contribution in [3.05, 3.63) is 83.4 Å². The van der Waals surface area contributed by atoms with Crippen molar-refractivity contribution < 1.29 is 9.18 Å². The van der Waals surface area contributed by atoms with Crippen LogP contribution in [0.2, 0.25) is 0 Å². The van der Waals surface area contributed by atoms with E-state index in [2.05, 4.69) is 22.5 Å². The van der Waals surface area contributed by atoms with E-state index in [1.807, 2.05) is 18.2 Å².